The van der Waals surface area contributed by atoms with Gasteiger partial charge in [-0.2, -0.15) is 0 Å². The number of hydrogen-bond donors (Lipinski definition) is 1. The maximum atomic E-state index is 10.2. The smallest absolute Gasteiger partial charge is 0.147 e. The van der Waals surface area contributed by atoms with E-state index in [4.69, 9.17) is 11.6 Å². The van der Waals surface area contributed by atoms with Crippen LogP contribution in [0.3, 0.4) is 0 Å². The van der Waals surface area contributed by atoms with Crippen molar-refractivity contribution in [2.75, 3.05) is 0 Å². The Morgan fingerprint density at radius 2 is 2.38 bits per heavy atom. The van der Waals surface area contributed by atoms with E-state index >= 15 is 0 Å². The first-order valence-electron chi connectivity index (χ1n) is 5.07. The van der Waals surface area contributed by atoms with Crippen LogP contribution in [0.15, 0.2) is 17.8 Å². The van der Waals surface area contributed by atoms with Crippen molar-refractivity contribution in [2.24, 2.45) is 0 Å². The van der Waals surface area contributed by atoms with E-state index in [2.05, 4.69) is 4.98 Å². The molecular formula is C11H13ClN2OS. The summed E-state index contributed by atoms with van der Waals surface area (Å²) in [6.07, 6.45) is 2.81. The molecule has 2 aromatic heterocycles. The molecule has 0 radical (unpaired) electrons. The third-order valence-electron chi connectivity index (χ3n) is 2.51. The summed E-state index contributed by atoms with van der Waals surface area (Å²) in [6.45, 7) is 4.73. The molecule has 0 aliphatic rings. The van der Waals surface area contributed by atoms with Gasteiger partial charge in [0.25, 0.3) is 0 Å². The largest absolute Gasteiger partial charge is 0.379 e. The van der Waals surface area contributed by atoms with Crippen LogP contribution in [0.25, 0.3) is 0 Å². The quantitative estimate of drug-likeness (QED) is 0.917. The number of imidazole rings is 1. The lowest BCUT2D eigenvalue weighted by molar-refractivity contribution is 0.208. The Hall–Kier alpha value is -0.840. The topological polar surface area (TPSA) is 38.0 Å². The molecule has 0 aliphatic heterocycles. The predicted molar refractivity (Wildman–Crippen MR) is 66.0 cm³/mol. The van der Waals surface area contributed by atoms with Crippen LogP contribution in [0.2, 0.25) is 5.02 Å². The highest BCUT2D eigenvalue weighted by atomic mass is 35.5. The van der Waals surface area contributed by atoms with Gasteiger partial charge in [0.2, 0.25) is 0 Å². The fourth-order valence-corrected chi connectivity index (χ4v) is 2.86. The first kappa shape index (κ1) is 11.6. The summed E-state index contributed by atoms with van der Waals surface area (Å²) in [5, 5.41) is 12.8. The second-order valence-corrected chi connectivity index (χ2v) is 4.86. The minimum atomic E-state index is -0.735. The Bertz CT molecular complexity index is 492. The second kappa shape index (κ2) is 4.57. The number of hydrogen-bond acceptors (Lipinski definition) is 3. The highest BCUT2D eigenvalue weighted by Crippen LogP contribution is 2.34. The number of thiophene rings is 1. The van der Waals surface area contributed by atoms with Gasteiger partial charge in [-0.1, -0.05) is 11.6 Å². The lowest BCUT2D eigenvalue weighted by atomic mass is 10.2. The van der Waals surface area contributed by atoms with E-state index in [9.17, 15) is 5.11 Å². The molecule has 0 aliphatic carbocycles. The molecule has 0 aromatic carbocycles. The summed E-state index contributed by atoms with van der Waals surface area (Å²) in [4.78, 5) is 4.94. The Labute approximate surface area is 103 Å². The van der Waals surface area contributed by atoms with E-state index in [1.165, 1.54) is 11.3 Å². The Morgan fingerprint density at radius 1 is 1.62 bits per heavy atom. The molecule has 2 aromatic rings. The Morgan fingerprint density at radius 3 is 2.94 bits per heavy atom. The number of aromatic nitrogens is 2. The number of nitrogens with zero attached hydrogens (tertiary/aromatic N) is 2. The molecule has 2 rings (SSSR count). The molecule has 0 amide bonds. The van der Waals surface area contributed by atoms with Gasteiger partial charge in [0, 0.05) is 18.9 Å². The maximum absolute atomic E-state index is 10.2. The Kier molecular flexibility index (Phi) is 3.33. The van der Waals surface area contributed by atoms with Crippen LogP contribution in [0, 0.1) is 6.92 Å². The lowest BCUT2D eigenvalue weighted by Gasteiger charge is -2.11. The summed E-state index contributed by atoms with van der Waals surface area (Å²) in [5.74, 6) is 0.645. The van der Waals surface area contributed by atoms with Crippen LogP contribution in [-0.4, -0.2) is 14.7 Å². The lowest BCUT2D eigenvalue weighted by Crippen LogP contribution is -2.08. The summed E-state index contributed by atoms with van der Waals surface area (Å²) in [6, 6.07) is 0. The summed E-state index contributed by atoms with van der Waals surface area (Å²) in [7, 11) is 0. The van der Waals surface area contributed by atoms with Gasteiger partial charge in [0.05, 0.1) is 9.90 Å². The first-order valence-corrected chi connectivity index (χ1v) is 6.33. The van der Waals surface area contributed by atoms with Gasteiger partial charge in [0.1, 0.15) is 11.9 Å². The normalized spacial score (nSPS) is 13.0. The van der Waals surface area contributed by atoms with Crippen LogP contribution in [0.5, 0.6) is 0 Å². The molecule has 1 unspecified atom stereocenters. The van der Waals surface area contributed by atoms with Gasteiger partial charge in [0.15, 0.2) is 0 Å². The van der Waals surface area contributed by atoms with Gasteiger partial charge in [-0.05, 0) is 24.8 Å². The molecule has 1 N–H and O–H groups in total. The molecule has 86 valence electrons. The molecule has 5 heteroatoms. The molecule has 3 nitrogen and oxygen atoms in total. The zero-order chi connectivity index (χ0) is 11.7. The number of aliphatic hydroxyl groups is 1. The van der Waals surface area contributed by atoms with Crippen LogP contribution in [0.4, 0.5) is 0 Å². The average Bonchev–Trinajstić information content (AvgIpc) is 2.86. The summed E-state index contributed by atoms with van der Waals surface area (Å²) in [5.41, 5.74) is 0.996. The van der Waals surface area contributed by atoms with Crippen molar-refractivity contribution < 1.29 is 5.11 Å². The number of aliphatic hydroxyl groups excluding tert-OH is 1. The van der Waals surface area contributed by atoms with Crippen LogP contribution < -0.4 is 0 Å². The SMILES string of the molecule is CCn1ccnc1C(O)c1scc(C)c1Cl. The number of rotatable bonds is 3. The van der Waals surface area contributed by atoms with Crippen molar-refractivity contribution in [3.8, 4) is 0 Å². The van der Waals surface area contributed by atoms with E-state index < -0.39 is 6.10 Å². The van der Waals surface area contributed by atoms with Crippen molar-refractivity contribution in [2.45, 2.75) is 26.5 Å². The van der Waals surface area contributed by atoms with Crippen molar-refractivity contribution in [3.63, 3.8) is 0 Å². The van der Waals surface area contributed by atoms with E-state index in [0.717, 1.165) is 17.0 Å². The molecule has 0 saturated heterocycles. The molecular weight excluding hydrogens is 244 g/mol. The van der Waals surface area contributed by atoms with Crippen LogP contribution in [-0.2, 0) is 6.54 Å². The standard InChI is InChI=1S/C11H13ClN2OS/c1-3-14-5-4-13-11(14)9(15)10-8(12)7(2)6-16-10/h4-6,9,15H,3H2,1-2H3. The van der Waals surface area contributed by atoms with E-state index in [0.29, 0.717) is 10.8 Å². The summed E-state index contributed by atoms with van der Waals surface area (Å²) < 4.78 is 1.91. The van der Waals surface area contributed by atoms with Crippen molar-refractivity contribution in [1.82, 2.24) is 9.55 Å². The minimum Gasteiger partial charge on any atom is -0.379 e. The predicted octanol–water partition coefficient (Wildman–Crippen LogP) is 3.01. The molecule has 0 spiro atoms. The molecule has 2 heterocycles. The minimum absolute atomic E-state index is 0.642. The maximum Gasteiger partial charge on any atom is 0.147 e. The monoisotopic (exact) mass is 256 g/mol. The third kappa shape index (κ3) is 1.88. The van der Waals surface area contributed by atoms with E-state index in [1.54, 1.807) is 6.20 Å². The van der Waals surface area contributed by atoms with Gasteiger partial charge in [-0.3, -0.25) is 0 Å². The van der Waals surface area contributed by atoms with Crippen molar-refractivity contribution in [3.05, 3.63) is 39.1 Å². The van der Waals surface area contributed by atoms with Gasteiger partial charge in [-0.15, -0.1) is 11.3 Å². The average molecular weight is 257 g/mol. The molecule has 0 saturated carbocycles. The second-order valence-electron chi connectivity index (χ2n) is 3.57. The van der Waals surface area contributed by atoms with Gasteiger partial charge in [-0.25, -0.2) is 4.98 Å². The third-order valence-corrected chi connectivity index (χ3v) is 4.27. The molecule has 16 heavy (non-hydrogen) atoms. The number of halogens is 1. The highest BCUT2D eigenvalue weighted by Gasteiger charge is 2.20. The fraction of sp³-hybridized carbons (Fsp3) is 0.364. The zero-order valence-electron chi connectivity index (χ0n) is 9.14. The zero-order valence-corrected chi connectivity index (χ0v) is 10.7. The van der Waals surface area contributed by atoms with Crippen LogP contribution in [0.1, 0.15) is 29.3 Å². The van der Waals surface area contributed by atoms with Gasteiger partial charge >= 0.3 is 0 Å². The highest BCUT2D eigenvalue weighted by molar-refractivity contribution is 7.10. The first-order chi connectivity index (χ1) is 7.65. The van der Waals surface area contributed by atoms with E-state index in [-0.39, 0.29) is 0 Å². The molecule has 0 bridgehead atoms. The van der Waals surface area contributed by atoms with Crippen molar-refractivity contribution >= 4 is 22.9 Å². The van der Waals surface area contributed by atoms with Gasteiger partial charge < -0.3 is 9.67 Å². The van der Waals surface area contributed by atoms with Crippen molar-refractivity contribution in [1.29, 1.82) is 0 Å². The fourth-order valence-electron chi connectivity index (χ4n) is 1.59. The molecule has 1 atom stereocenters. The molecule has 0 fully saturated rings. The van der Waals surface area contributed by atoms with E-state index in [1.807, 2.05) is 30.0 Å². The van der Waals surface area contributed by atoms with Crippen LogP contribution >= 0.6 is 22.9 Å². The summed E-state index contributed by atoms with van der Waals surface area (Å²) >= 11 is 7.60. The number of aryl methyl sites for hydroxylation is 2. The Balaban J connectivity index is 2.39.